The predicted molar refractivity (Wildman–Crippen MR) is 54.3 cm³/mol. The molecule has 2 atom stereocenters. The van der Waals surface area contributed by atoms with Crippen LogP contribution < -0.4 is 16.8 Å². The quantitative estimate of drug-likeness (QED) is 0.532. The van der Waals surface area contributed by atoms with Gasteiger partial charge in [-0.3, -0.25) is 9.59 Å². The second-order valence-corrected chi connectivity index (χ2v) is 3.41. The van der Waals surface area contributed by atoms with E-state index in [4.69, 9.17) is 11.5 Å². The van der Waals surface area contributed by atoms with Crippen LogP contribution >= 0.6 is 0 Å². The minimum atomic E-state index is -0.613. The summed E-state index contributed by atoms with van der Waals surface area (Å²) in [5.74, 6) is -0.525. The third-order valence-electron chi connectivity index (χ3n) is 2.19. The monoisotopic (exact) mass is 201 g/mol. The van der Waals surface area contributed by atoms with Crippen molar-refractivity contribution in [2.45, 2.75) is 32.7 Å². The van der Waals surface area contributed by atoms with Gasteiger partial charge in [-0.25, -0.2) is 0 Å². The van der Waals surface area contributed by atoms with Gasteiger partial charge in [-0.2, -0.15) is 0 Å². The first-order valence-corrected chi connectivity index (χ1v) is 4.80. The van der Waals surface area contributed by atoms with Crippen LogP contribution in [0.2, 0.25) is 0 Å². The molecule has 5 heteroatoms. The number of carbonyl (C=O) groups excluding carboxylic acids is 2. The molecule has 0 bridgehead atoms. The minimum Gasteiger partial charge on any atom is -0.368 e. The van der Waals surface area contributed by atoms with Gasteiger partial charge in [-0.1, -0.05) is 13.3 Å². The highest BCUT2D eigenvalue weighted by atomic mass is 16.2. The van der Waals surface area contributed by atoms with E-state index in [1.165, 1.54) is 0 Å². The molecule has 5 nitrogen and oxygen atoms in total. The number of hydrogen-bond donors (Lipinski definition) is 3. The number of hydrogen-bond acceptors (Lipinski definition) is 3. The maximum absolute atomic E-state index is 11.3. The Bertz CT molecular complexity index is 202. The second-order valence-electron chi connectivity index (χ2n) is 3.41. The zero-order valence-electron chi connectivity index (χ0n) is 8.75. The maximum Gasteiger partial charge on any atom is 0.239 e. The van der Waals surface area contributed by atoms with Crippen molar-refractivity contribution in [3.05, 3.63) is 0 Å². The number of nitrogens with two attached hydrogens (primary N) is 2. The minimum absolute atomic E-state index is 0.173. The van der Waals surface area contributed by atoms with Crippen LogP contribution in [0.3, 0.4) is 0 Å². The lowest BCUT2D eigenvalue weighted by Crippen LogP contribution is -2.43. The van der Waals surface area contributed by atoms with Gasteiger partial charge in [-0.05, 0) is 19.4 Å². The van der Waals surface area contributed by atoms with E-state index in [0.717, 1.165) is 6.42 Å². The summed E-state index contributed by atoms with van der Waals surface area (Å²) in [7, 11) is 0. The molecule has 0 fully saturated rings. The van der Waals surface area contributed by atoms with E-state index < -0.39 is 11.9 Å². The average Bonchev–Trinajstić information content (AvgIpc) is 2.13. The van der Waals surface area contributed by atoms with Crippen molar-refractivity contribution in [2.24, 2.45) is 17.4 Å². The standard InChI is InChI=1S/C9H19N3O2/c1-3-7(5-10)4-8(13)12-6(2)9(11)14/h6-7H,3-5,10H2,1-2H3,(H2,11,14)(H,12,13). The lowest BCUT2D eigenvalue weighted by Gasteiger charge is -2.14. The third-order valence-corrected chi connectivity index (χ3v) is 2.19. The van der Waals surface area contributed by atoms with E-state index in [2.05, 4.69) is 5.32 Å². The molecule has 14 heavy (non-hydrogen) atoms. The normalized spacial score (nSPS) is 14.5. The molecule has 0 aromatic carbocycles. The molecule has 82 valence electrons. The number of amides is 2. The fraction of sp³-hybridized carbons (Fsp3) is 0.778. The fourth-order valence-corrected chi connectivity index (χ4v) is 1.03. The second kappa shape index (κ2) is 6.37. The van der Waals surface area contributed by atoms with Crippen LogP contribution in [0, 0.1) is 5.92 Å². The number of primary amides is 1. The molecule has 0 rings (SSSR count). The number of nitrogens with one attached hydrogen (secondary N) is 1. The summed E-state index contributed by atoms with van der Waals surface area (Å²) in [4.78, 5) is 22.0. The Kier molecular flexibility index (Phi) is 5.87. The Hall–Kier alpha value is -1.10. The Morgan fingerprint density at radius 2 is 2.00 bits per heavy atom. The summed E-state index contributed by atoms with van der Waals surface area (Å²) < 4.78 is 0. The molecule has 0 aliphatic heterocycles. The molecule has 0 saturated carbocycles. The van der Waals surface area contributed by atoms with Gasteiger partial charge in [-0.15, -0.1) is 0 Å². The van der Waals surface area contributed by atoms with Gasteiger partial charge in [0, 0.05) is 6.42 Å². The molecule has 5 N–H and O–H groups in total. The molecule has 2 unspecified atom stereocenters. The molecule has 0 radical (unpaired) electrons. The number of carbonyl (C=O) groups is 2. The molecular formula is C9H19N3O2. The summed E-state index contributed by atoms with van der Waals surface area (Å²) in [6.45, 7) is 4.01. The van der Waals surface area contributed by atoms with Crippen LogP contribution in [0.15, 0.2) is 0 Å². The van der Waals surface area contributed by atoms with Crippen LogP contribution in [0.1, 0.15) is 26.7 Å². The molecular weight excluding hydrogens is 182 g/mol. The van der Waals surface area contributed by atoms with Gasteiger partial charge in [0.1, 0.15) is 6.04 Å². The van der Waals surface area contributed by atoms with Crippen molar-refractivity contribution in [1.29, 1.82) is 0 Å². The highest BCUT2D eigenvalue weighted by Gasteiger charge is 2.15. The topological polar surface area (TPSA) is 98.2 Å². The fourth-order valence-electron chi connectivity index (χ4n) is 1.03. The summed E-state index contributed by atoms with van der Waals surface area (Å²) in [6, 6.07) is -0.613. The molecule has 0 aromatic heterocycles. The molecule has 0 spiro atoms. The van der Waals surface area contributed by atoms with Crippen molar-refractivity contribution >= 4 is 11.8 Å². The molecule has 0 aliphatic carbocycles. The summed E-state index contributed by atoms with van der Waals surface area (Å²) in [5.41, 5.74) is 10.5. The van der Waals surface area contributed by atoms with Gasteiger partial charge < -0.3 is 16.8 Å². The first kappa shape index (κ1) is 12.9. The van der Waals surface area contributed by atoms with Crippen molar-refractivity contribution in [2.75, 3.05) is 6.54 Å². The van der Waals surface area contributed by atoms with Crippen molar-refractivity contribution < 1.29 is 9.59 Å². The lowest BCUT2D eigenvalue weighted by atomic mass is 10.0. The van der Waals surface area contributed by atoms with Crippen LogP contribution in [-0.2, 0) is 9.59 Å². The molecule has 0 saturated heterocycles. The Morgan fingerprint density at radius 1 is 1.43 bits per heavy atom. The first-order valence-electron chi connectivity index (χ1n) is 4.80. The Balaban J connectivity index is 3.91. The van der Waals surface area contributed by atoms with E-state index in [1.807, 2.05) is 6.92 Å². The van der Waals surface area contributed by atoms with Crippen LogP contribution in [0.5, 0.6) is 0 Å². The summed E-state index contributed by atoms with van der Waals surface area (Å²) in [6.07, 6.45) is 1.21. The summed E-state index contributed by atoms with van der Waals surface area (Å²) >= 11 is 0. The van der Waals surface area contributed by atoms with E-state index in [0.29, 0.717) is 13.0 Å². The molecule has 0 aliphatic rings. The van der Waals surface area contributed by atoms with E-state index in [9.17, 15) is 9.59 Å². The largest absolute Gasteiger partial charge is 0.368 e. The zero-order chi connectivity index (χ0) is 11.1. The maximum atomic E-state index is 11.3. The smallest absolute Gasteiger partial charge is 0.239 e. The van der Waals surface area contributed by atoms with Crippen molar-refractivity contribution in [3.8, 4) is 0 Å². The first-order chi connectivity index (χ1) is 6.51. The summed E-state index contributed by atoms with van der Waals surface area (Å²) in [5, 5.41) is 2.51. The SMILES string of the molecule is CCC(CN)CC(=O)NC(C)C(N)=O. The van der Waals surface area contributed by atoms with E-state index in [1.54, 1.807) is 6.92 Å². The van der Waals surface area contributed by atoms with Crippen LogP contribution in [-0.4, -0.2) is 24.4 Å². The Morgan fingerprint density at radius 3 is 2.36 bits per heavy atom. The van der Waals surface area contributed by atoms with Crippen LogP contribution in [0.25, 0.3) is 0 Å². The van der Waals surface area contributed by atoms with Crippen LogP contribution in [0.4, 0.5) is 0 Å². The van der Waals surface area contributed by atoms with Gasteiger partial charge in [0.05, 0.1) is 0 Å². The predicted octanol–water partition coefficient (Wildman–Crippen LogP) is -0.649. The van der Waals surface area contributed by atoms with Gasteiger partial charge in [0.2, 0.25) is 11.8 Å². The number of rotatable bonds is 6. The van der Waals surface area contributed by atoms with E-state index >= 15 is 0 Å². The van der Waals surface area contributed by atoms with E-state index in [-0.39, 0.29) is 11.8 Å². The Labute approximate surface area is 84.2 Å². The zero-order valence-corrected chi connectivity index (χ0v) is 8.75. The highest BCUT2D eigenvalue weighted by Crippen LogP contribution is 2.05. The molecule has 2 amide bonds. The lowest BCUT2D eigenvalue weighted by molar-refractivity contribution is -0.127. The average molecular weight is 201 g/mol. The molecule has 0 heterocycles. The highest BCUT2D eigenvalue weighted by molar-refractivity contribution is 5.86. The van der Waals surface area contributed by atoms with Gasteiger partial charge in [0.25, 0.3) is 0 Å². The van der Waals surface area contributed by atoms with Crippen molar-refractivity contribution in [3.63, 3.8) is 0 Å². The molecule has 0 aromatic rings. The van der Waals surface area contributed by atoms with Crippen molar-refractivity contribution in [1.82, 2.24) is 5.32 Å². The van der Waals surface area contributed by atoms with Gasteiger partial charge >= 0.3 is 0 Å². The van der Waals surface area contributed by atoms with Gasteiger partial charge in [0.15, 0.2) is 0 Å². The third kappa shape index (κ3) is 4.81.